The fraction of sp³-hybridized carbons (Fsp3) is 0.522. The number of rotatable bonds is 6. The van der Waals surface area contributed by atoms with Crippen LogP contribution in [-0.2, 0) is 6.42 Å². The van der Waals surface area contributed by atoms with Crippen molar-refractivity contribution >= 4 is 11.4 Å². The highest BCUT2D eigenvalue weighted by Gasteiger charge is 2.52. The van der Waals surface area contributed by atoms with Crippen molar-refractivity contribution in [3.63, 3.8) is 0 Å². The van der Waals surface area contributed by atoms with E-state index in [-0.39, 0.29) is 5.54 Å². The van der Waals surface area contributed by atoms with Crippen molar-refractivity contribution in [1.82, 2.24) is 10.3 Å². The van der Waals surface area contributed by atoms with E-state index in [9.17, 15) is 0 Å². The van der Waals surface area contributed by atoms with Gasteiger partial charge >= 0.3 is 0 Å². The molecular weight excluding hydrogens is 332 g/mol. The van der Waals surface area contributed by atoms with Crippen molar-refractivity contribution in [3.05, 3.63) is 53.4 Å². The Morgan fingerprint density at radius 3 is 2.74 bits per heavy atom. The lowest BCUT2D eigenvalue weighted by molar-refractivity contribution is 0.303. The Balaban J connectivity index is 1.61. The average molecular weight is 363 g/mol. The summed E-state index contributed by atoms with van der Waals surface area (Å²) in [5.74, 6) is 0.672. The van der Waals surface area contributed by atoms with Crippen LogP contribution in [0.3, 0.4) is 0 Å². The molecule has 142 valence electrons. The molecule has 1 unspecified atom stereocenters. The number of nitrogens with one attached hydrogen (secondary N) is 3. The summed E-state index contributed by atoms with van der Waals surface area (Å²) >= 11 is 0. The molecule has 27 heavy (non-hydrogen) atoms. The van der Waals surface area contributed by atoms with Gasteiger partial charge in [0.1, 0.15) is 0 Å². The first-order valence-electron chi connectivity index (χ1n) is 10.4. The summed E-state index contributed by atoms with van der Waals surface area (Å²) in [5, 5.41) is 21.1. The van der Waals surface area contributed by atoms with Crippen molar-refractivity contribution in [2.45, 2.75) is 63.3 Å². The second-order valence-electron chi connectivity index (χ2n) is 8.17. The molecule has 1 atom stereocenters. The second-order valence-corrected chi connectivity index (χ2v) is 8.17. The first-order valence-corrected chi connectivity index (χ1v) is 10.4. The molecule has 3 N–H and O–H groups in total. The Morgan fingerprint density at radius 1 is 1.22 bits per heavy atom. The third-order valence-electron chi connectivity index (χ3n) is 6.47. The first-order chi connectivity index (χ1) is 13.2. The largest absolute Gasteiger partial charge is 0.305 e. The van der Waals surface area contributed by atoms with Gasteiger partial charge in [0, 0.05) is 29.7 Å². The van der Waals surface area contributed by atoms with Crippen LogP contribution in [0.4, 0.5) is 0 Å². The summed E-state index contributed by atoms with van der Waals surface area (Å²) < 4.78 is 0. The molecule has 1 aliphatic heterocycles. The van der Waals surface area contributed by atoms with Gasteiger partial charge in [-0.25, -0.2) is 0 Å². The Bertz CT molecular complexity index is 765. The quantitative estimate of drug-likeness (QED) is 0.509. The summed E-state index contributed by atoms with van der Waals surface area (Å²) in [6.07, 6.45) is 15.8. The van der Waals surface area contributed by atoms with Crippen LogP contribution in [0.5, 0.6) is 0 Å². The zero-order valence-corrected chi connectivity index (χ0v) is 16.1. The molecule has 0 amide bonds. The highest BCUT2D eigenvalue weighted by atomic mass is 15.2. The number of allylic oxidation sites excluding steroid dienone is 3. The Kier molecular flexibility index (Phi) is 5.35. The molecule has 1 saturated carbocycles. The fourth-order valence-corrected chi connectivity index (χ4v) is 4.95. The summed E-state index contributed by atoms with van der Waals surface area (Å²) in [4.78, 5) is 4.39. The van der Waals surface area contributed by atoms with Crippen LogP contribution in [0.15, 0.2) is 47.7 Å². The number of pyridine rings is 1. The third kappa shape index (κ3) is 3.81. The van der Waals surface area contributed by atoms with Gasteiger partial charge in [-0.1, -0.05) is 31.4 Å². The summed E-state index contributed by atoms with van der Waals surface area (Å²) in [6, 6.07) is 5.94. The summed E-state index contributed by atoms with van der Waals surface area (Å²) in [7, 11) is 0. The molecule has 0 bridgehead atoms. The highest BCUT2D eigenvalue weighted by molar-refractivity contribution is 6.27. The summed E-state index contributed by atoms with van der Waals surface area (Å²) in [6.45, 7) is 1.03. The molecule has 0 spiro atoms. The van der Waals surface area contributed by atoms with Gasteiger partial charge in [-0.05, 0) is 68.2 Å². The number of aryl methyl sites for hydroxylation is 1. The van der Waals surface area contributed by atoms with Crippen LogP contribution in [0, 0.1) is 16.7 Å². The zero-order chi connectivity index (χ0) is 18.7. The number of hydrogen-bond donors (Lipinski definition) is 3. The van der Waals surface area contributed by atoms with E-state index in [1.54, 1.807) is 0 Å². The lowest BCUT2D eigenvalue weighted by atomic mass is 9.73. The molecule has 2 fully saturated rings. The Hall–Kier alpha value is -2.07. The number of aromatic nitrogens is 1. The fourth-order valence-electron chi connectivity index (χ4n) is 4.95. The molecule has 4 nitrogen and oxygen atoms in total. The van der Waals surface area contributed by atoms with Crippen molar-refractivity contribution in [3.8, 4) is 0 Å². The van der Waals surface area contributed by atoms with Crippen LogP contribution >= 0.6 is 0 Å². The minimum absolute atomic E-state index is 0.0609. The zero-order valence-electron chi connectivity index (χ0n) is 16.1. The van der Waals surface area contributed by atoms with E-state index in [1.807, 2.05) is 30.5 Å². The average Bonchev–Trinajstić information content (AvgIpc) is 3.53. The van der Waals surface area contributed by atoms with E-state index >= 15 is 0 Å². The van der Waals surface area contributed by atoms with Gasteiger partial charge in [-0.15, -0.1) is 0 Å². The molecule has 1 aromatic heterocycles. The molecule has 2 aliphatic carbocycles. The van der Waals surface area contributed by atoms with Gasteiger partial charge in [0.15, 0.2) is 0 Å². The monoisotopic (exact) mass is 362 g/mol. The lowest BCUT2D eigenvalue weighted by Gasteiger charge is -2.32. The topological polar surface area (TPSA) is 82.5 Å². The Labute approximate surface area is 162 Å². The van der Waals surface area contributed by atoms with Crippen molar-refractivity contribution in [2.75, 3.05) is 6.54 Å². The molecular formula is C23H30N4. The van der Waals surface area contributed by atoms with Gasteiger partial charge < -0.3 is 16.1 Å². The van der Waals surface area contributed by atoms with Crippen LogP contribution < -0.4 is 5.32 Å². The third-order valence-corrected chi connectivity index (χ3v) is 6.47. The predicted molar refractivity (Wildman–Crippen MR) is 111 cm³/mol. The van der Waals surface area contributed by atoms with Gasteiger partial charge in [0.25, 0.3) is 0 Å². The van der Waals surface area contributed by atoms with Gasteiger partial charge in [0.05, 0.1) is 11.3 Å². The van der Waals surface area contributed by atoms with Crippen molar-refractivity contribution in [1.29, 1.82) is 10.8 Å². The minimum Gasteiger partial charge on any atom is -0.305 e. The van der Waals surface area contributed by atoms with E-state index in [1.165, 1.54) is 37.7 Å². The van der Waals surface area contributed by atoms with E-state index in [2.05, 4.69) is 16.4 Å². The Morgan fingerprint density at radius 2 is 2.04 bits per heavy atom. The molecule has 0 radical (unpaired) electrons. The van der Waals surface area contributed by atoms with E-state index < -0.39 is 0 Å². The molecule has 2 heterocycles. The SMILES string of the molecule is N=C1C=CCCC(C2(C3CCCCC3)CN2)=C1C(=N)CCc1ccccn1. The van der Waals surface area contributed by atoms with Gasteiger partial charge in [-0.2, -0.15) is 0 Å². The van der Waals surface area contributed by atoms with E-state index in [0.717, 1.165) is 37.1 Å². The van der Waals surface area contributed by atoms with Crippen LogP contribution in [0.25, 0.3) is 0 Å². The van der Waals surface area contributed by atoms with Crippen molar-refractivity contribution in [2.24, 2.45) is 5.92 Å². The van der Waals surface area contributed by atoms with Crippen molar-refractivity contribution < 1.29 is 0 Å². The van der Waals surface area contributed by atoms with Crippen LogP contribution in [-0.4, -0.2) is 28.5 Å². The molecule has 1 saturated heterocycles. The van der Waals surface area contributed by atoms with Crippen LogP contribution in [0.1, 0.15) is 57.1 Å². The maximum atomic E-state index is 8.82. The normalized spacial score (nSPS) is 26.1. The number of hydrogen-bond acceptors (Lipinski definition) is 4. The molecule has 3 aliphatic rings. The highest BCUT2D eigenvalue weighted by Crippen LogP contribution is 2.46. The maximum absolute atomic E-state index is 8.82. The number of nitrogens with zero attached hydrogens (tertiary/aromatic N) is 1. The predicted octanol–water partition coefficient (Wildman–Crippen LogP) is 4.62. The summed E-state index contributed by atoms with van der Waals surface area (Å²) in [5.41, 5.74) is 4.47. The molecule has 1 aromatic rings. The molecule has 4 rings (SSSR count). The smallest absolute Gasteiger partial charge is 0.0627 e. The van der Waals surface area contributed by atoms with Gasteiger partial charge in [-0.3, -0.25) is 4.98 Å². The first kappa shape index (κ1) is 18.3. The van der Waals surface area contributed by atoms with E-state index in [0.29, 0.717) is 23.8 Å². The van der Waals surface area contributed by atoms with E-state index in [4.69, 9.17) is 10.8 Å². The standard InChI is InChI=1S/C23H30N4/c24-20-12-5-4-11-19(23(16-27-23)17-8-2-1-3-9-17)22(20)21(25)14-13-18-10-6-7-15-26-18/h5-7,10,12,15,17,24-25,27H,1-4,8-9,11,13-14,16H2. The lowest BCUT2D eigenvalue weighted by Crippen LogP contribution is -2.34. The molecule has 4 heteroatoms. The second kappa shape index (κ2) is 7.89. The molecule has 0 aromatic carbocycles. The maximum Gasteiger partial charge on any atom is 0.0627 e. The minimum atomic E-state index is 0.0609. The van der Waals surface area contributed by atoms with Crippen LogP contribution in [0.2, 0.25) is 0 Å². The van der Waals surface area contributed by atoms with Gasteiger partial charge in [0.2, 0.25) is 0 Å².